The molecule has 2 rings (SSSR count). The maximum atomic E-state index is 14.2. The van der Waals surface area contributed by atoms with Crippen LogP contribution >= 0.6 is 11.3 Å². The van der Waals surface area contributed by atoms with E-state index in [4.69, 9.17) is 10.5 Å². The standard InChI is InChI=1S/C15H17FN2O2S/c1-2-20-14(19)15(9-17,7-11-8-18-10-21-11)12-5-3-4-6-13(12)16/h3-6,8,10H,2,7,9,17H2,1H3. The van der Waals surface area contributed by atoms with E-state index in [1.54, 1.807) is 36.8 Å². The molecule has 1 unspecified atom stereocenters. The predicted molar refractivity (Wildman–Crippen MR) is 79.6 cm³/mol. The first-order valence-corrected chi connectivity index (χ1v) is 7.51. The number of nitrogens with zero attached hydrogens (tertiary/aromatic N) is 1. The first-order valence-electron chi connectivity index (χ1n) is 6.63. The smallest absolute Gasteiger partial charge is 0.318 e. The van der Waals surface area contributed by atoms with Gasteiger partial charge in [-0.15, -0.1) is 11.3 Å². The van der Waals surface area contributed by atoms with Crippen molar-refractivity contribution in [2.75, 3.05) is 13.2 Å². The van der Waals surface area contributed by atoms with Crippen molar-refractivity contribution in [3.8, 4) is 0 Å². The Kier molecular flexibility index (Phi) is 5.03. The average Bonchev–Trinajstić information content (AvgIpc) is 2.98. The normalized spacial score (nSPS) is 13.7. The van der Waals surface area contributed by atoms with Crippen molar-refractivity contribution >= 4 is 17.3 Å². The Hall–Kier alpha value is -1.79. The van der Waals surface area contributed by atoms with Gasteiger partial charge in [0.2, 0.25) is 0 Å². The summed E-state index contributed by atoms with van der Waals surface area (Å²) in [6.45, 7) is 1.90. The van der Waals surface area contributed by atoms with Gasteiger partial charge in [0.05, 0.1) is 12.1 Å². The summed E-state index contributed by atoms with van der Waals surface area (Å²) >= 11 is 1.40. The van der Waals surface area contributed by atoms with Crippen molar-refractivity contribution in [1.29, 1.82) is 0 Å². The Bertz CT molecular complexity index is 603. The van der Waals surface area contributed by atoms with Crippen molar-refractivity contribution in [2.45, 2.75) is 18.8 Å². The van der Waals surface area contributed by atoms with Gasteiger partial charge in [0.15, 0.2) is 0 Å². The minimum atomic E-state index is -1.23. The number of aromatic nitrogens is 1. The molecule has 1 aromatic carbocycles. The summed E-state index contributed by atoms with van der Waals surface area (Å²) in [4.78, 5) is 17.3. The number of halogens is 1. The highest BCUT2D eigenvalue weighted by Gasteiger charge is 2.43. The van der Waals surface area contributed by atoms with E-state index in [1.807, 2.05) is 0 Å². The molecule has 0 saturated carbocycles. The van der Waals surface area contributed by atoms with Crippen molar-refractivity contribution in [2.24, 2.45) is 5.73 Å². The van der Waals surface area contributed by atoms with Crippen LogP contribution in [0.5, 0.6) is 0 Å². The monoisotopic (exact) mass is 308 g/mol. The predicted octanol–water partition coefficient (Wildman–Crippen LogP) is 2.28. The molecule has 112 valence electrons. The van der Waals surface area contributed by atoms with Crippen LogP contribution < -0.4 is 5.73 Å². The van der Waals surface area contributed by atoms with Crippen LogP contribution in [-0.4, -0.2) is 24.1 Å². The number of hydrogen-bond donors (Lipinski definition) is 1. The Morgan fingerprint density at radius 2 is 2.24 bits per heavy atom. The van der Waals surface area contributed by atoms with Gasteiger partial charge in [0.25, 0.3) is 0 Å². The van der Waals surface area contributed by atoms with E-state index in [9.17, 15) is 9.18 Å². The van der Waals surface area contributed by atoms with Crippen molar-refractivity contribution in [3.05, 3.63) is 52.2 Å². The number of carbonyl (C=O) groups excluding carboxylic acids is 1. The minimum Gasteiger partial charge on any atom is -0.465 e. The quantitative estimate of drug-likeness (QED) is 0.832. The van der Waals surface area contributed by atoms with E-state index < -0.39 is 17.2 Å². The van der Waals surface area contributed by atoms with Crippen molar-refractivity contribution in [3.63, 3.8) is 0 Å². The molecule has 0 radical (unpaired) electrons. The van der Waals surface area contributed by atoms with Gasteiger partial charge in [-0.3, -0.25) is 9.78 Å². The molecule has 0 aliphatic carbocycles. The number of thiazole rings is 1. The Morgan fingerprint density at radius 3 is 2.81 bits per heavy atom. The summed E-state index contributed by atoms with van der Waals surface area (Å²) in [6.07, 6.45) is 1.93. The first-order chi connectivity index (χ1) is 10.1. The van der Waals surface area contributed by atoms with Crippen LogP contribution in [0.15, 0.2) is 36.0 Å². The average molecular weight is 308 g/mol. The lowest BCUT2D eigenvalue weighted by Crippen LogP contribution is -2.46. The maximum absolute atomic E-state index is 14.2. The summed E-state index contributed by atoms with van der Waals surface area (Å²) in [5.74, 6) is -0.966. The summed E-state index contributed by atoms with van der Waals surface area (Å²) < 4.78 is 19.4. The molecule has 0 aliphatic rings. The second-order valence-corrected chi connectivity index (χ2v) is 5.60. The highest BCUT2D eigenvalue weighted by atomic mass is 32.1. The second-order valence-electron chi connectivity index (χ2n) is 4.63. The molecule has 0 spiro atoms. The van der Waals surface area contributed by atoms with Crippen LogP contribution in [-0.2, 0) is 21.4 Å². The highest BCUT2D eigenvalue weighted by Crippen LogP contribution is 2.32. The fraction of sp³-hybridized carbons (Fsp3) is 0.333. The third kappa shape index (κ3) is 3.11. The number of ether oxygens (including phenoxy) is 1. The molecule has 2 aromatic rings. The summed E-state index contributed by atoms with van der Waals surface area (Å²) in [7, 11) is 0. The second kappa shape index (κ2) is 6.78. The van der Waals surface area contributed by atoms with Gasteiger partial charge in [-0.1, -0.05) is 18.2 Å². The molecule has 4 nitrogen and oxygen atoms in total. The van der Waals surface area contributed by atoms with Crippen LogP contribution in [0.2, 0.25) is 0 Å². The molecule has 0 bridgehead atoms. The SMILES string of the molecule is CCOC(=O)C(CN)(Cc1cncs1)c1ccccc1F. The molecular formula is C15H17FN2O2S. The number of rotatable bonds is 6. The third-order valence-electron chi connectivity index (χ3n) is 3.36. The van der Waals surface area contributed by atoms with Crippen molar-refractivity contribution in [1.82, 2.24) is 4.98 Å². The van der Waals surface area contributed by atoms with Gasteiger partial charge < -0.3 is 10.5 Å². The van der Waals surface area contributed by atoms with E-state index in [2.05, 4.69) is 4.98 Å². The summed E-state index contributed by atoms with van der Waals surface area (Å²) in [5, 5.41) is 0. The zero-order valence-corrected chi connectivity index (χ0v) is 12.5. The number of hydrogen-bond acceptors (Lipinski definition) is 5. The third-order valence-corrected chi connectivity index (χ3v) is 4.14. The van der Waals surface area contributed by atoms with E-state index >= 15 is 0 Å². The fourth-order valence-electron chi connectivity index (χ4n) is 2.29. The molecule has 0 amide bonds. The number of carbonyl (C=O) groups is 1. The van der Waals surface area contributed by atoms with Crippen LogP contribution in [0, 0.1) is 5.82 Å². The Labute approximate surface area is 126 Å². The van der Waals surface area contributed by atoms with Crippen LogP contribution in [0.1, 0.15) is 17.4 Å². The molecular weight excluding hydrogens is 291 g/mol. The molecule has 1 aromatic heterocycles. The van der Waals surface area contributed by atoms with E-state index in [-0.39, 0.29) is 25.1 Å². The fourth-order valence-corrected chi connectivity index (χ4v) is 3.00. The highest BCUT2D eigenvalue weighted by molar-refractivity contribution is 7.09. The zero-order valence-electron chi connectivity index (χ0n) is 11.7. The molecule has 6 heteroatoms. The molecule has 0 fully saturated rings. The van der Waals surface area contributed by atoms with E-state index in [0.29, 0.717) is 0 Å². The summed E-state index contributed by atoms with van der Waals surface area (Å²) in [6, 6.07) is 6.18. The van der Waals surface area contributed by atoms with Gasteiger partial charge in [-0.25, -0.2) is 4.39 Å². The molecule has 0 aliphatic heterocycles. The van der Waals surface area contributed by atoms with Crippen molar-refractivity contribution < 1.29 is 13.9 Å². The van der Waals surface area contributed by atoms with Gasteiger partial charge in [0, 0.05) is 29.6 Å². The zero-order chi connectivity index (χ0) is 15.3. The molecule has 21 heavy (non-hydrogen) atoms. The molecule has 1 atom stereocenters. The van der Waals surface area contributed by atoms with Crippen LogP contribution in [0.3, 0.4) is 0 Å². The van der Waals surface area contributed by atoms with Gasteiger partial charge in [-0.05, 0) is 13.0 Å². The Morgan fingerprint density at radius 1 is 1.48 bits per heavy atom. The number of nitrogens with two attached hydrogens (primary N) is 1. The largest absolute Gasteiger partial charge is 0.465 e. The van der Waals surface area contributed by atoms with Crippen LogP contribution in [0.4, 0.5) is 4.39 Å². The Balaban J connectivity index is 2.51. The summed E-state index contributed by atoms with van der Waals surface area (Å²) in [5.41, 5.74) is 6.58. The molecule has 1 heterocycles. The van der Waals surface area contributed by atoms with E-state index in [0.717, 1.165) is 4.88 Å². The molecule has 2 N–H and O–H groups in total. The van der Waals surface area contributed by atoms with E-state index in [1.165, 1.54) is 17.4 Å². The number of benzene rings is 1. The van der Waals surface area contributed by atoms with Gasteiger partial charge in [0.1, 0.15) is 11.2 Å². The first kappa shape index (κ1) is 15.6. The molecule has 0 saturated heterocycles. The lowest BCUT2D eigenvalue weighted by Gasteiger charge is -2.30. The minimum absolute atomic E-state index is 0.0370. The topological polar surface area (TPSA) is 65.2 Å². The lowest BCUT2D eigenvalue weighted by molar-refractivity contribution is -0.150. The van der Waals surface area contributed by atoms with Gasteiger partial charge in [-0.2, -0.15) is 0 Å². The maximum Gasteiger partial charge on any atom is 0.318 e. The van der Waals surface area contributed by atoms with Gasteiger partial charge >= 0.3 is 5.97 Å². The van der Waals surface area contributed by atoms with Crippen LogP contribution in [0.25, 0.3) is 0 Å². The lowest BCUT2D eigenvalue weighted by atomic mass is 9.77. The number of esters is 1.